The maximum absolute atomic E-state index is 12.4. The zero-order chi connectivity index (χ0) is 18.8. The minimum atomic E-state index is -0.529. The number of unbranched alkanes of at least 4 members (excludes halogenated alkanes) is 4. The summed E-state index contributed by atoms with van der Waals surface area (Å²) >= 11 is 0. The lowest BCUT2D eigenvalue weighted by Gasteiger charge is -2.35. The number of carbonyl (C=O) groups excluding carboxylic acids is 1. The zero-order valence-corrected chi connectivity index (χ0v) is 17.4. The van der Waals surface area contributed by atoms with Gasteiger partial charge in [0.15, 0.2) is 0 Å². The molecule has 0 aromatic heterocycles. The van der Waals surface area contributed by atoms with Crippen molar-refractivity contribution in [2.45, 2.75) is 77.7 Å². The first-order chi connectivity index (χ1) is 11.0. The molecule has 0 amide bonds. The van der Waals surface area contributed by atoms with Crippen LogP contribution in [-0.2, 0) is 9.47 Å². The van der Waals surface area contributed by atoms with Crippen molar-refractivity contribution in [3.8, 4) is 0 Å². The third-order valence-corrected chi connectivity index (χ3v) is 4.30. The standard InChI is InChI=1S/C19H42N2O3/c1-9-11-13-15-17(20(3,4)5)23-19(22)24-18(21(6,7)8)16-14-12-10-2/h17-18H,9-16H2,1-8H3/q+2. The number of quaternary nitrogens is 2. The highest BCUT2D eigenvalue weighted by Crippen LogP contribution is 2.18. The van der Waals surface area contributed by atoms with Crippen molar-refractivity contribution in [1.29, 1.82) is 0 Å². The average Bonchev–Trinajstić information content (AvgIpc) is 2.43. The molecule has 0 aromatic rings. The van der Waals surface area contributed by atoms with Crippen LogP contribution in [0.3, 0.4) is 0 Å². The van der Waals surface area contributed by atoms with Gasteiger partial charge in [0, 0.05) is 12.8 Å². The lowest BCUT2D eigenvalue weighted by molar-refractivity contribution is -0.922. The molecule has 0 radical (unpaired) electrons. The molecular formula is C19H42N2O3+2. The molecule has 0 aliphatic carbocycles. The number of rotatable bonds is 12. The van der Waals surface area contributed by atoms with E-state index in [2.05, 4.69) is 56.1 Å². The Morgan fingerprint density at radius 3 is 1.29 bits per heavy atom. The van der Waals surface area contributed by atoms with Gasteiger partial charge in [0.1, 0.15) is 0 Å². The first kappa shape index (κ1) is 23.2. The lowest BCUT2D eigenvalue weighted by Crippen LogP contribution is -2.50. The largest absolute Gasteiger partial charge is 0.517 e. The Morgan fingerprint density at radius 1 is 0.708 bits per heavy atom. The second-order valence-electron chi connectivity index (χ2n) is 8.62. The summed E-state index contributed by atoms with van der Waals surface area (Å²) in [6.07, 6.45) is 7.68. The topological polar surface area (TPSA) is 35.5 Å². The normalized spacial score (nSPS) is 15.0. The summed E-state index contributed by atoms with van der Waals surface area (Å²) in [6, 6.07) is 0. The maximum Gasteiger partial charge on any atom is 0.517 e. The Labute approximate surface area is 150 Å². The third-order valence-electron chi connectivity index (χ3n) is 4.30. The number of ether oxygens (including phenoxy) is 2. The molecule has 0 N–H and O–H groups in total. The summed E-state index contributed by atoms with van der Waals surface area (Å²) in [5.74, 6) is 0. The van der Waals surface area contributed by atoms with Crippen LogP contribution in [0.15, 0.2) is 0 Å². The molecule has 0 aliphatic rings. The van der Waals surface area contributed by atoms with Crippen molar-refractivity contribution in [3.05, 3.63) is 0 Å². The molecular weight excluding hydrogens is 304 g/mol. The van der Waals surface area contributed by atoms with E-state index in [0.717, 1.165) is 51.4 Å². The summed E-state index contributed by atoms with van der Waals surface area (Å²) in [4.78, 5) is 12.4. The quantitative estimate of drug-likeness (QED) is 0.228. The van der Waals surface area contributed by atoms with Gasteiger partial charge in [-0.1, -0.05) is 39.5 Å². The van der Waals surface area contributed by atoms with Crippen molar-refractivity contribution >= 4 is 6.16 Å². The first-order valence-corrected chi connectivity index (χ1v) is 9.51. The summed E-state index contributed by atoms with van der Waals surface area (Å²) in [5.41, 5.74) is 0. The van der Waals surface area contributed by atoms with E-state index in [4.69, 9.17) is 9.47 Å². The first-order valence-electron chi connectivity index (χ1n) is 9.51. The second kappa shape index (κ2) is 10.9. The number of hydrogen-bond donors (Lipinski definition) is 0. The average molecular weight is 347 g/mol. The summed E-state index contributed by atoms with van der Waals surface area (Å²) in [7, 11) is 12.3. The van der Waals surface area contributed by atoms with Gasteiger partial charge in [-0.15, -0.1) is 0 Å². The van der Waals surface area contributed by atoms with E-state index < -0.39 is 6.16 Å². The predicted molar refractivity (Wildman–Crippen MR) is 99.5 cm³/mol. The fourth-order valence-electron chi connectivity index (χ4n) is 2.60. The van der Waals surface area contributed by atoms with Crippen molar-refractivity contribution < 1.29 is 23.2 Å². The molecule has 5 nitrogen and oxygen atoms in total. The van der Waals surface area contributed by atoms with Gasteiger partial charge < -0.3 is 9.47 Å². The second-order valence-corrected chi connectivity index (χ2v) is 8.62. The van der Waals surface area contributed by atoms with E-state index in [1.165, 1.54) is 0 Å². The lowest BCUT2D eigenvalue weighted by atomic mass is 10.1. The maximum atomic E-state index is 12.4. The molecule has 0 heterocycles. The Morgan fingerprint density at radius 2 is 1.04 bits per heavy atom. The van der Waals surface area contributed by atoms with E-state index in [-0.39, 0.29) is 12.5 Å². The Bertz CT molecular complexity index is 314. The van der Waals surface area contributed by atoms with Crippen molar-refractivity contribution in [2.24, 2.45) is 0 Å². The highest BCUT2D eigenvalue weighted by molar-refractivity contribution is 5.60. The van der Waals surface area contributed by atoms with Crippen LogP contribution < -0.4 is 0 Å². The van der Waals surface area contributed by atoms with Gasteiger partial charge in [0.25, 0.3) is 0 Å². The van der Waals surface area contributed by atoms with Crippen molar-refractivity contribution in [1.82, 2.24) is 0 Å². The van der Waals surface area contributed by atoms with Gasteiger partial charge in [0.2, 0.25) is 12.5 Å². The highest BCUT2D eigenvalue weighted by Gasteiger charge is 2.32. The molecule has 0 spiro atoms. The molecule has 0 rings (SSSR count). The third kappa shape index (κ3) is 10.1. The van der Waals surface area contributed by atoms with Crippen molar-refractivity contribution in [2.75, 3.05) is 42.3 Å². The smallest absolute Gasteiger partial charge is 0.381 e. The Hall–Kier alpha value is -0.810. The van der Waals surface area contributed by atoms with Crippen LogP contribution in [0, 0.1) is 0 Å². The molecule has 2 unspecified atom stereocenters. The minimum Gasteiger partial charge on any atom is -0.381 e. The van der Waals surface area contributed by atoms with Gasteiger partial charge in [-0.3, -0.25) is 8.97 Å². The Balaban J connectivity index is 4.70. The number of nitrogens with zero attached hydrogens (tertiary/aromatic N) is 2. The fourth-order valence-corrected chi connectivity index (χ4v) is 2.60. The van der Waals surface area contributed by atoms with E-state index in [1.807, 2.05) is 0 Å². The van der Waals surface area contributed by atoms with Crippen molar-refractivity contribution in [3.63, 3.8) is 0 Å². The molecule has 0 bridgehead atoms. The van der Waals surface area contributed by atoms with Crippen LogP contribution in [0.4, 0.5) is 4.79 Å². The predicted octanol–water partition coefficient (Wildman–Crippen LogP) is 4.36. The fraction of sp³-hybridized carbons (Fsp3) is 0.947. The molecule has 144 valence electrons. The van der Waals surface area contributed by atoms with Gasteiger partial charge in [-0.25, -0.2) is 4.79 Å². The van der Waals surface area contributed by atoms with E-state index >= 15 is 0 Å². The molecule has 5 heteroatoms. The van der Waals surface area contributed by atoms with E-state index in [0.29, 0.717) is 8.97 Å². The highest BCUT2D eigenvalue weighted by atomic mass is 16.7. The van der Waals surface area contributed by atoms with Gasteiger partial charge in [0.05, 0.1) is 42.3 Å². The molecule has 0 aliphatic heterocycles. The van der Waals surface area contributed by atoms with Gasteiger partial charge >= 0.3 is 6.16 Å². The zero-order valence-electron chi connectivity index (χ0n) is 17.4. The van der Waals surface area contributed by atoms with E-state index in [1.54, 1.807) is 0 Å². The van der Waals surface area contributed by atoms with Crippen LogP contribution in [-0.4, -0.2) is 69.9 Å². The molecule has 0 saturated carbocycles. The van der Waals surface area contributed by atoms with E-state index in [9.17, 15) is 4.79 Å². The van der Waals surface area contributed by atoms with Crippen LogP contribution in [0.5, 0.6) is 0 Å². The molecule has 2 atom stereocenters. The number of hydrogen-bond acceptors (Lipinski definition) is 3. The van der Waals surface area contributed by atoms with Gasteiger partial charge in [-0.05, 0) is 12.8 Å². The monoisotopic (exact) mass is 346 g/mol. The molecule has 0 fully saturated rings. The van der Waals surface area contributed by atoms with Crippen LogP contribution in [0.1, 0.15) is 65.2 Å². The van der Waals surface area contributed by atoms with Crippen LogP contribution >= 0.6 is 0 Å². The van der Waals surface area contributed by atoms with Crippen LogP contribution in [0.2, 0.25) is 0 Å². The Kier molecular flexibility index (Phi) is 10.6. The van der Waals surface area contributed by atoms with Crippen LogP contribution in [0.25, 0.3) is 0 Å². The summed E-state index contributed by atoms with van der Waals surface area (Å²) in [6.45, 7) is 4.36. The minimum absolute atomic E-state index is 0.159. The molecule has 0 saturated heterocycles. The number of carbonyl (C=O) groups is 1. The summed E-state index contributed by atoms with van der Waals surface area (Å²) in [5, 5.41) is 0. The molecule has 0 aromatic carbocycles. The molecule has 24 heavy (non-hydrogen) atoms. The summed E-state index contributed by atoms with van der Waals surface area (Å²) < 4.78 is 12.6. The SMILES string of the molecule is CCCCCC(OC(=O)OC(CCCCC)[N+](C)(C)C)[N+](C)(C)C. The van der Waals surface area contributed by atoms with Gasteiger partial charge in [-0.2, -0.15) is 0 Å².